The largest absolute Gasteiger partial charge is 0.364 e. The minimum absolute atomic E-state index is 0.339. The van der Waals surface area contributed by atoms with Crippen LogP contribution in [0.1, 0.15) is 67.2 Å². The van der Waals surface area contributed by atoms with Crippen molar-refractivity contribution in [2.45, 2.75) is 67.2 Å². The van der Waals surface area contributed by atoms with Crippen LogP contribution in [0.25, 0.3) is 0 Å². The van der Waals surface area contributed by atoms with Crippen molar-refractivity contribution < 1.29 is 4.79 Å². The Morgan fingerprint density at radius 1 is 1.36 bits per heavy atom. The van der Waals surface area contributed by atoms with Crippen LogP contribution in [0.15, 0.2) is 27.9 Å². The summed E-state index contributed by atoms with van der Waals surface area (Å²) in [5, 5.41) is 0. The molecule has 4 heteroatoms. The van der Waals surface area contributed by atoms with Crippen molar-refractivity contribution in [3.63, 3.8) is 0 Å². The molecule has 0 aromatic carbocycles. The molecule has 0 saturated heterocycles. The van der Waals surface area contributed by atoms with Gasteiger partial charge in [-0.25, -0.2) is 4.99 Å². The Bertz CT molecular complexity index is 564. The first kappa shape index (κ1) is 21.6. The molecule has 1 aliphatic rings. The molecule has 1 atom stereocenters. The van der Waals surface area contributed by atoms with E-state index in [9.17, 15) is 4.79 Å². The van der Waals surface area contributed by atoms with Crippen LogP contribution < -0.4 is 5.73 Å². The van der Waals surface area contributed by atoms with Crippen LogP contribution in [-0.4, -0.2) is 36.7 Å². The molecule has 0 spiro atoms. The van der Waals surface area contributed by atoms with E-state index in [0.29, 0.717) is 23.6 Å². The Morgan fingerprint density at radius 3 is 2.44 bits per heavy atom. The quantitative estimate of drug-likeness (QED) is 0.551. The molecule has 4 nitrogen and oxygen atoms in total. The summed E-state index contributed by atoms with van der Waals surface area (Å²) in [5.41, 5.74) is 9.48. The molecule has 0 fully saturated rings. The zero-order valence-electron chi connectivity index (χ0n) is 17.3. The summed E-state index contributed by atoms with van der Waals surface area (Å²) in [5.74, 6) is 0.269. The van der Waals surface area contributed by atoms with Crippen molar-refractivity contribution in [2.24, 2.45) is 22.1 Å². The van der Waals surface area contributed by atoms with Gasteiger partial charge < -0.3 is 10.6 Å². The van der Waals surface area contributed by atoms with Gasteiger partial charge in [0.05, 0.1) is 0 Å². The average Bonchev–Trinajstić information content (AvgIpc) is 2.51. The Balaban J connectivity index is 2.96. The van der Waals surface area contributed by atoms with Gasteiger partial charge in [0.2, 0.25) is 0 Å². The van der Waals surface area contributed by atoms with E-state index in [-0.39, 0.29) is 0 Å². The Morgan fingerprint density at radius 2 is 2.00 bits per heavy atom. The zero-order valence-corrected chi connectivity index (χ0v) is 17.3. The van der Waals surface area contributed by atoms with Crippen LogP contribution in [0.4, 0.5) is 0 Å². The van der Waals surface area contributed by atoms with Gasteiger partial charge in [-0.05, 0) is 75.6 Å². The molecular weight excluding hydrogens is 310 g/mol. The predicted molar refractivity (Wildman–Crippen MR) is 108 cm³/mol. The number of carbonyl (C=O) groups is 1. The molecule has 25 heavy (non-hydrogen) atoms. The van der Waals surface area contributed by atoms with Crippen LogP contribution in [0.2, 0.25) is 0 Å². The van der Waals surface area contributed by atoms with E-state index in [0.717, 1.165) is 37.1 Å². The first-order chi connectivity index (χ1) is 11.6. The second kappa shape index (κ2) is 9.33. The minimum atomic E-state index is -0.439. The number of amides is 1. The monoisotopic (exact) mass is 347 g/mol. The van der Waals surface area contributed by atoms with Crippen LogP contribution in [-0.2, 0) is 4.79 Å². The van der Waals surface area contributed by atoms with Gasteiger partial charge in [0.1, 0.15) is 5.70 Å². The summed E-state index contributed by atoms with van der Waals surface area (Å²) < 4.78 is 0. The molecule has 1 rings (SSSR count). The topological polar surface area (TPSA) is 58.7 Å². The number of likely N-dealkylation sites (N-methyl/N-ethyl adjacent to an activating group) is 1. The maximum atomic E-state index is 11.9. The van der Waals surface area contributed by atoms with Gasteiger partial charge in [-0.2, -0.15) is 0 Å². The second-order valence-electron chi connectivity index (χ2n) is 8.49. The van der Waals surface area contributed by atoms with Gasteiger partial charge in [-0.3, -0.25) is 4.79 Å². The van der Waals surface area contributed by atoms with Crippen molar-refractivity contribution in [3.05, 3.63) is 22.9 Å². The zero-order chi connectivity index (χ0) is 19.2. The Labute approximate surface area is 154 Å². The van der Waals surface area contributed by atoms with Gasteiger partial charge >= 0.3 is 0 Å². The second-order valence-corrected chi connectivity index (χ2v) is 8.49. The number of hydrogen-bond donors (Lipinski definition) is 1. The number of aliphatic imine (C=N–C) groups is 1. The predicted octanol–water partition coefficient (Wildman–Crippen LogP) is 4.32. The van der Waals surface area contributed by atoms with Crippen LogP contribution >= 0.6 is 0 Å². The van der Waals surface area contributed by atoms with Gasteiger partial charge in [0.15, 0.2) is 0 Å². The molecule has 2 N–H and O–H groups in total. The highest BCUT2D eigenvalue weighted by molar-refractivity contribution is 6.03. The van der Waals surface area contributed by atoms with Gasteiger partial charge in [0, 0.05) is 12.3 Å². The van der Waals surface area contributed by atoms with Crippen molar-refractivity contribution in [1.82, 2.24) is 4.90 Å². The molecule has 1 aliphatic carbocycles. The summed E-state index contributed by atoms with van der Waals surface area (Å²) in [6, 6.07) is 0. The molecule has 0 bridgehead atoms. The minimum Gasteiger partial charge on any atom is -0.364 e. The molecule has 0 saturated carbocycles. The summed E-state index contributed by atoms with van der Waals surface area (Å²) in [6.45, 7) is 14.7. The highest BCUT2D eigenvalue weighted by atomic mass is 16.1. The van der Waals surface area contributed by atoms with E-state index in [1.54, 1.807) is 0 Å². The van der Waals surface area contributed by atoms with E-state index in [2.05, 4.69) is 50.7 Å². The van der Waals surface area contributed by atoms with E-state index in [4.69, 9.17) is 5.73 Å². The van der Waals surface area contributed by atoms with Gasteiger partial charge in [-0.15, -0.1) is 0 Å². The highest BCUT2D eigenvalue weighted by Crippen LogP contribution is 2.37. The van der Waals surface area contributed by atoms with Crippen molar-refractivity contribution in [2.75, 3.05) is 20.1 Å². The summed E-state index contributed by atoms with van der Waals surface area (Å²) in [6.07, 6.45) is 6.67. The lowest BCUT2D eigenvalue weighted by Crippen LogP contribution is -2.25. The van der Waals surface area contributed by atoms with Crippen molar-refractivity contribution in [3.8, 4) is 0 Å². The number of nitrogens with zero attached hydrogens (tertiary/aromatic N) is 2. The third-order valence-corrected chi connectivity index (χ3v) is 5.13. The normalized spacial score (nSPS) is 20.4. The molecular formula is C21H37N3O. The molecule has 142 valence electrons. The molecule has 0 aromatic rings. The highest BCUT2D eigenvalue weighted by Gasteiger charge is 2.26. The molecule has 0 radical (unpaired) electrons. The number of carbonyl (C=O) groups excluding carboxylic acids is 1. The number of nitrogens with two attached hydrogens (primary N) is 1. The maximum absolute atomic E-state index is 11.9. The number of rotatable bonds is 7. The lowest BCUT2D eigenvalue weighted by molar-refractivity contribution is -0.114. The van der Waals surface area contributed by atoms with E-state index >= 15 is 0 Å². The van der Waals surface area contributed by atoms with Crippen LogP contribution in [0.3, 0.4) is 0 Å². The third-order valence-electron chi connectivity index (χ3n) is 5.13. The van der Waals surface area contributed by atoms with Crippen LogP contribution in [0, 0.1) is 11.3 Å². The van der Waals surface area contributed by atoms with E-state index in [1.165, 1.54) is 12.0 Å². The smallest absolute Gasteiger partial charge is 0.267 e. The molecule has 1 unspecified atom stereocenters. The third kappa shape index (κ3) is 6.77. The van der Waals surface area contributed by atoms with E-state index < -0.39 is 5.91 Å². The molecule has 0 aliphatic heterocycles. The molecule has 1 amide bonds. The average molecular weight is 348 g/mol. The first-order valence-corrected chi connectivity index (χ1v) is 9.49. The summed E-state index contributed by atoms with van der Waals surface area (Å²) in [4.78, 5) is 18.7. The van der Waals surface area contributed by atoms with Gasteiger partial charge in [-0.1, -0.05) is 33.8 Å². The fourth-order valence-corrected chi connectivity index (χ4v) is 3.49. The first-order valence-electron chi connectivity index (χ1n) is 9.49. The SMILES string of the molecule is CCCN(C)C/C(C)=C(/N=C(C)C1=CCC(C(C)(C)C)CC1)C(N)=O. The molecule has 0 aromatic heterocycles. The lowest BCUT2D eigenvalue weighted by Gasteiger charge is -2.33. The number of primary amides is 1. The summed E-state index contributed by atoms with van der Waals surface area (Å²) in [7, 11) is 2.05. The van der Waals surface area contributed by atoms with E-state index in [1.807, 2.05) is 13.8 Å². The number of hydrogen-bond acceptors (Lipinski definition) is 3. The molecule has 0 heterocycles. The fraction of sp³-hybridized carbons (Fsp3) is 0.714. The number of allylic oxidation sites excluding steroid dienone is 2. The van der Waals surface area contributed by atoms with Gasteiger partial charge in [0.25, 0.3) is 5.91 Å². The van der Waals surface area contributed by atoms with Crippen LogP contribution in [0.5, 0.6) is 0 Å². The summed E-state index contributed by atoms with van der Waals surface area (Å²) >= 11 is 0. The maximum Gasteiger partial charge on any atom is 0.267 e. The fourth-order valence-electron chi connectivity index (χ4n) is 3.49. The van der Waals surface area contributed by atoms with Crippen molar-refractivity contribution in [1.29, 1.82) is 0 Å². The Hall–Kier alpha value is -1.42. The standard InChI is InChI=1S/C21H37N3O/c1-8-13-24(7)14-15(2)19(20(22)25)23-16(3)17-9-11-18(12-10-17)21(4,5)6/h9,18H,8,10-14H2,1-7H3,(H2,22,25)/b19-15+,23-16?. The Kier molecular flexibility index (Phi) is 8.07. The van der Waals surface area contributed by atoms with Crippen molar-refractivity contribution >= 4 is 11.6 Å². The lowest BCUT2D eigenvalue weighted by atomic mass is 9.72.